The molecule has 1 fully saturated rings. The second-order valence-corrected chi connectivity index (χ2v) is 6.76. The zero-order chi connectivity index (χ0) is 18.4. The molecule has 0 radical (unpaired) electrons. The van der Waals surface area contributed by atoms with Crippen LogP contribution in [0.4, 0.5) is 5.69 Å². The predicted octanol–water partition coefficient (Wildman–Crippen LogP) is 3.30. The summed E-state index contributed by atoms with van der Waals surface area (Å²) in [4.78, 5) is 14.2. The minimum Gasteiger partial charge on any atom is -0.378 e. The minimum atomic E-state index is 0.0308. The molecule has 0 unspecified atom stereocenters. The fraction of sp³-hybridized carbons (Fsp3) is 0.263. The lowest BCUT2D eigenvalue weighted by molar-refractivity contribution is 0.0303. The van der Waals surface area contributed by atoms with Crippen LogP contribution in [0, 0.1) is 0 Å². The number of carbonyl (C=O) groups is 1. The van der Waals surface area contributed by atoms with Crippen molar-refractivity contribution in [3.8, 4) is 0 Å². The number of carbonyl (C=O) groups excluding carboxylic acids is 1. The molecule has 5 nitrogen and oxygen atoms in total. The Kier molecular flexibility index (Phi) is 6.44. The van der Waals surface area contributed by atoms with E-state index in [-0.39, 0.29) is 5.91 Å². The normalized spacial score (nSPS) is 14.0. The van der Waals surface area contributed by atoms with E-state index < -0.39 is 0 Å². The molecule has 1 saturated heterocycles. The smallest absolute Gasteiger partial charge is 0.254 e. The van der Waals surface area contributed by atoms with Crippen LogP contribution in [0.15, 0.2) is 48.5 Å². The maximum atomic E-state index is 12.4. The Labute approximate surface area is 163 Å². The molecule has 26 heavy (non-hydrogen) atoms. The first-order valence-electron chi connectivity index (χ1n) is 8.38. The van der Waals surface area contributed by atoms with Crippen LogP contribution in [-0.4, -0.2) is 42.2 Å². The van der Waals surface area contributed by atoms with E-state index in [1.807, 2.05) is 53.4 Å². The van der Waals surface area contributed by atoms with E-state index in [0.29, 0.717) is 48.5 Å². The Morgan fingerprint density at radius 2 is 1.73 bits per heavy atom. The van der Waals surface area contributed by atoms with E-state index in [1.165, 1.54) is 0 Å². The SMILES string of the molecule is O=C(c1ccc(NC(=S)NCc2ccc(Cl)cc2)cc1)N1CCOCC1. The highest BCUT2D eigenvalue weighted by Gasteiger charge is 2.18. The van der Waals surface area contributed by atoms with E-state index in [2.05, 4.69) is 10.6 Å². The number of hydrogen-bond acceptors (Lipinski definition) is 3. The van der Waals surface area contributed by atoms with Gasteiger partial charge >= 0.3 is 0 Å². The Balaban J connectivity index is 1.50. The first-order chi connectivity index (χ1) is 12.6. The van der Waals surface area contributed by atoms with Gasteiger partial charge in [-0.25, -0.2) is 0 Å². The molecule has 3 rings (SSSR count). The molecular weight excluding hydrogens is 370 g/mol. The zero-order valence-electron chi connectivity index (χ0n) is 14.2. The largest absolute Gasteiger partial charge is 0.378 e. The van der Waals surface area contributed by atoms with Crippen LogP contribution in [0.3, 0.4) is 0 Å². The molecular formula is C19H20ClN3O2S. The van der Waals surface area contributed by atoms with Gasteiger partial charge in [0.2, 0.25) is 0 Å². The number of hydrogen-bond donors (Lipinski definition) is 2. The third-order valence-electron chi connectivity index (χ3n) is 4.05. The van der Waals surface area contributed by atoms with Crippen molar-refractivity contribution in [2.45, 2.75) is 6.54 Å². The number of amides is 1. The monoisotopic (exact) mass is 389 g/mol. The highest BCUT2D eigenvalue weighted by atomic mass is 35.5. The maximum absolute atomic E-state index is 12.4. The van der Waals surface area contributed by atoms with Crippen LogP contribution >= 0.6 is 23.8 Å². The van der Waals surface area contributed by atoms with Crippen molar-refractivity contribution in [1.82, 2.24) is 10.2 Å². The molecule has 0 spiro atoms. The van der Waals surface area contributed by atoms with Gasteiger partial charge in [-0.1, -0.05) is 23.7 Å². The highest BCUT2D eigenvalue weighted by molar-refractivity contribution is 7.80. The average Bonchev–Trinajstić information content (AvgIpc) is 2.68. The predicted molar refractivity (Wildman–Crippen MR) is 108 cm³/mol. The standard InChI is InChI=1S/C19H20ClN3O2S/c20-16-5-1-14(2-6-16)13-21-19(26)22-17-7-3-15(4-8-17)18(24)23-9-11-25-12-10-23/h1-8H,9-13H2,(H2,21,22,26). The molecule has 0 aromatic heterocycles. The third-order valence-corrected chi connectivity index (χ3v) is 4.55. The van der Waals surface area contributed by atoms with Gasteiger partial charge in [-0.2, -0.15) is 0 Å². The summed E-state index contributed by atoms with van der Waals surface area (Å²) in [7, 11) is 0. The first kappa shape index (κ1) is 18.6. The molecule has 1 aliphatic rings. The molecule has 1 amide bonds. The molecule has 0 saturated carbocycles. The molecule has 2 aromatic rings. The van der Waals surface area contributed by atoms with Gasteiger partial charge in [-0.05, 0) is 54.2 Å². The second-order valence-electron chi connectivity index (χ2n) is 5.92. The second kappa shape index (κ2) is 8.98. The molecule has 7 heteroatoms. The number of morpholine rings is 1. The highest BCUT2D eigenvalue weighted by Crippen LogP contribution is 2.13. The fourth-order valence-corrected chi connectivity index (χ4v) is 2.92. The molecule has 0 aliphatic carbocycles. The van der Waals surface area contributed by atoms with Crippen molar-refractivity contribution in [2.24, 2.45) is 0 Å². The van der Waals surface area contributed by atoms with Gasteiger partial charge in [-0.3, -0.25) is 4.79 Å². The third kappa shape index (κ3) is 5.17. The number of anilines is 1. The molecule has 0 bridgehead atoms. The molecule has 1 aliphatic heterocycles. The topological polar surface area (TPSA) is 53.6 Å². The van der Waals surface area contributed by atoms with E-state index in [0.717, 1.165) is 11.3 Å². The lowest BCUT2D eigenvalue weighted by Crippen LogP contribution is -2.40. The van der Waals surface area contributed by atoms with Crippen LogP contribution in [0.25, 0.3) is 0 Å². The average molecular weight is 390 g/mol. The fourth-order valence-electron chi connectivity index (χ4n) is 2.61. The number of rotatable bonds is 4. The van der Waals surface area contributed by atoms with Gasteiger partial charge < -0.3 is 20.3 Å². The van der Waals surface area contributed by atoms with Crippen LogP contribution < -0.4 is 10.6 Å². The van der Waals surface area contributed by atoms with Gasteiger partial charge in [0.15, 0.2) is 5.11 Å². The number of ether oxygens (including phenoxy) is 1. The van der Waals surface area contributed by atoms with Crippen LogP contribution in [-0.2, 0) is 11.3 Å². The van der Waals surface area contributed by atoms with Gasteiger partial charge in [0, 0.05) is 35.9 Å². The van der Waals surface area contributed by atoms with Gasteiger partial charge in [0.1, 0.15) is 0 Å². The van der Waals surface area contributed by atoms with Crippen molar-refractivity contribution in [3.63, 3.8) is 0 Å². The van der Waals surface area contributed by atoms with Crippen molar-refractivity contribution in [1.29, 1.82) is 0 Å². The Bertz CT molecular complexity index is 759. The molecule has 2 aromatic carbocycles. The lowest BCUT2D eigenvalue weighted by atomic mass is 10.1. The Morgan fingerprint density at radius 3 is 2.38 bits per heavy atom. The molecule has 0 atom stereocenters. The van der Waals surface area contributed by atoms with Gasteiger partial charge in [0.25, 0.3) is 5.91 Å². The van der Waals surface area contributed by atoms with E-state index >= 15 is 0 Å². The molecule has 2 N–H and O–H groups in total. The Hall–Kier alpha value is -2.15. The van der Waals surface area contributed by atoms with E-state index in [4.69, 9.17) is 28.6 Å². The maximum Gasteiger partial charge on any atom is 0.254 e. The summed E-state index contributed by atoms with van der Waals surface area (Å²) in [6, 6.07) is 14.9. The van der Waals surface area contributed by atoms with Crippen LogP contribution in [0.5, 0.6) is 0 Å². The first-order valence-corrected chi connectivity index (χ1v) is 9.17. The summed E-state index contributed by atoms with van der Waals surface area (Å²) in [6.45, 7) is 3.07. The number of benzene rings is 2. The van der Waals surface area contributed by atoms with Crippen LogP contribution in [0.2, 0.25) is 5.02 Å². The molecule has 136 valence electrons. The Morgan fingerprint density at radius 1 is 1.08 bits per heavy atom. The summed E-state index contributed by atoms with van der Waals surface area (Å²) < 4.78 is 5.28. The van der Waals surface area contributed by atoms with Crippen molar-refractivity contribution < 1.29 is 9.53 Å². The summed E-state index contributed by atoms with van der Waals surface area (Å²) in [5.41, 5.74) is 2.58. The lowest BCUT2D eigenvalue weighted by Gasteiger charge is -2.26. The number of halogens is 1. The van der Waals surface area contributed by atoms with Gasteiger partial charge in [-0.15, -0.1) is 0 Å². The van der Waals surface area contributed by atoms with Crippen molar-refractivity contribution in [3.05, 3.63) is 64.7 Å². The summed E-state index contributed by atoms with van der Waals surface area (Å²) >= 11 is 11.2. The van der Waals surface area contributed by atoms with Crippen molar-refractivity contribution >= 4 is 40.5 Å². The molecule has 1 heterocycles. The quantitative estimate of drug-likeness (QED) is 0.786. The van der Waals surface area contributed by atoms with E-state index in [9.17, 15) is 4.79 Å². The summed E-state index contributed by atoms with van der Waals surface area (Å²) in [5.74, 6) is 0.0308. The number of nitrogens with one attached hydrogen (secondary N) is 2. The number of thiocarbonyl (C=S) groups is 1. The summed E-state index contributed by atoms with van der Waals surface area (Å²) in [5, 5.41) is 7.49. The van der Waals surface area contributed by atoms with Crippen LogP contribution in [0.1, 0.15) is 15.9 Å². The minimum absolute atomic E-state index is 0.0308. The number of nitrogens with zero attached hydrogens (tertiary/aromatic N) is 1. The van der Waals surface area contributed by atoms with E-state index in [1.54, 1.807) is 0 Å². The zero-order valence-corrected chi connectivity index (χ0v) is 15.8. The van der Waals surface area contributed by atoms with Crippen molar-refractivity contribution in [2.75, 3.05) is 31.6 Å². The van der Waals surface area contributed by atoms with Gasteiger partial charge in [0.05, 0.1) is 13.2 Å². The summed E-state index contributed by atoms with van der Waals surface area (Å²) in [6.07, 6.45) is 0.